The topological polar surface area (TPSA) is 24.9 Å². The Bertz CT molecular complexity index is 369. The predicted octanol–water partition coefficient (Wildman–Crippen LogP) is 2.31. The second-order valence-corrected chi connectivity index (χ2v) is 3.73. The Kier molecular flexibility index (Phi) is 2.22. The Morgan fingerprint density at radius 1 is 1.40 bits per heavy atom. The van der Waals surface area contributed by atoms with Crippen LogP contribution in [0.3, 0.4) is 0 Å². The summed E-state index contributed by atoms with van der Waals surface area (Å²) >= 11 is 0. The molecule has 1 saturated carbocycles. The van der Waals surface area contributed by atoms with Gasteiger partial charge in [-0.25, -0.2) is 0 Å². The molecule has 82 valence electrons. The molecule has 15 heavy (non-hydrogen) atoms. The molecule has 5 heteroatoms. The molecule has 1 aliphatic carbocycles. The van der Waals surface area contributed by atoms with Crippen molar-refractivity contribution in [1.82, 2.24) is 10.3 Å². The van der Waals surface area contributed by atoms with Crippen LogP contribution in [0, 0.1) is 0 Å². The maximum absolute atomic E-state index is 12.7. The quantitative estimate of drug-likeness (QED) is 0.820. The summed E-state index contributed by atoms with van der Waals surface area (Å²) < 4.78 is 38.0. The van der Waals surface area contributed by atoms with E-state index >= 15 is 0 Å². The third-order valence-corrected chi connectivity index (χ3v) is 2.79. The minimum absolute atomic E-state index is 0.125. The van der Waals surface area contributed by atoms with Crippen molar-refractivity contribution in [2.75, 3.05) is 7.05 Å². The number of hydrogen-bond donors (Lipinski definition) is 1. The summed E-state index contributed by atoms with van der Waals surface area (Å²) in [5.41, 5.74) is -1.05. The van der Waals surface area contributed by atoms with E-state index in [0.717, 1.165) is 6.07 Å². The lowest BCUT2D eigenvalue weighted by molar-refractivity contribution is -0.138. The zero-order chi connectivity index (χ0) is 11.1. The van der Waals surface area contributed by atoms with Gasteiger partial charge in [-0.05, 0) is 32.0 Å². The van der Waals surface area contributed by atoms with Crippen molar-refractivity contribution in [3.05, 3.63) is 29.6 Å². The van der Waals surface area contributed by atoms with Crippen molar-refractivity contribution in [3.8, 4) is 0 Å². The Balaban J connectivity index is 2.48. The molecule has 1 aromatic heterocycles. The number of nitrogens with zero attached hydrogens (tertiary/aromatic N) is 1. The van der Waals surface area contributed by atoms with E-state index in [9.17, 15) is 13.2 Å². The molecule has 0 spiro atoms. The molecular weight excluding hydrogens is 205 g/mol. The number of halogens is 3. The summed E-state index contributed by atoms with van der Waals surface area (Å²) in [6.45, 7) is 0. The standard InChI is InChI=1S/C10H11F3N2/c1-14-9(4-5-9)8-7(10(11,12)13)3-2-6-15-8/h2-3,6,14H,4-5H2,1H3. The first-order valence-electron chi connectivity index (χ1n) is 4.71. The maximum atomic E-state index is 12.7. The average molecular weight is 216 g/mol. The molecule has 0 amide bonds. The van der Waals surface area contributed by atoms with Crippen molar-refractivity contribution in [3.63, 3.8) is 0 Å². The second kappa shape index (κ2) is 3.20. The summed E-state index contributed by atoms with van der Waals surface area (Å²) in [4.78, 5) is 3.87. The molecule has 1 fully saturated rings. The first-order chi connectivity index (χ1) is 6.99. The maximum Gasteiger partial charge on any atom is 0.418 e. The molecule has 1 heterocycles. The van der Waals surface area contributed by atoms with Crippen molar-refractivity contribution < 1.29 is 13.2 Å². The highest BCUT2D eigenvalue weighted by atomic mass is 19.4. The van der Waals surface area contributed by atoms with Gasteiger partial charge in [0.1, 0.15) is 0 Å². The number of pyridine rings is 1. The van der Waals surface area contributed by atoms with Crippen LogP contribution in [0.5, 0.6) is 0 Å². The molecule has 2 rings (SSSR count). The van der Waals surface area contributed by atoms with E-state index in [1.165, 1.54) is 12.3 Å². The van der Waals surface area contributed by atoms with Gasteiger partial charge in [-0.15, -0.1) is 0 Å². The van der Waals surface area contributed by atoms with E-state index in [1.54, 1.807) is 7.05 Å². The van der Waals surface area contributed by atoms with Gasteiger partial charge in [0.25, 0.3) is 0 Å². The fourth-order valence-corrected chi connectivity index (χ4v) is 1.75. The number of aromatic nitrogens is 1. The van der Waals surface area contributed by atoms with Crippen LogP contribution in [-0.4, -0.2) is 12.0 Å². The second-order valence-electron chi connectivity index (χ2n) is 3.73. The first kappa shape index (κ1) is 10.4. The van der Waals surface area contributed by atoms with Gasteiger partial charge in [-0.3, -0.25) is 4.98 Å². The minimum Gasteiger partial charge on any atom is -0.309 e. The van der Waals surface area contributed by atoms with E-state index < -0.39 is 17.3 Å². The smallest absolute Gasteiger partial charge is 0.309 e. The molecule has 0 aromatic carbocycles. The predicted molar refractivity (Wildman–Crippen MR) is 49.2 cm³/mol. The molecule has 0 saturated heterocycles. The molecule has 0 aliphatic heterocycles. The highest BCUT2D eigenvalue weighted by Gasteiger charge is 2.49. The van der Waals surface area contributed by atoms with Crippen LogP contribution >= 0.6 is 0 Å². The molecule has 2 nitrogen and oxygen atoms in total. The summed E-state index contributed by atoms with van der Waals surface area (Å²) in [6.07, 6.45) is -1.49. The zero-order valence-corrected chi connectivity index (χ0v) is 8.23. The summed E-state index contributed by atoms with van der Waals surface area (Å²) in [7, 11) is 1.67. The van der Waals surface area contributed by atoms with Crippen LogP contribution < -0.4 is 5.32 Å². The van der Waals surface area contributed by atoms with Crippen LogP contribution in [0.1, 0.15) is 24.1 Å². The van der Waals surface area contributed by atoms with E-state index in [0.29, 0.717) is 12.8 Å². The molecule has 0 bridgehead atoms. The minimum atomic E-state index is -4.32. The summed E-state index contributed by atoms with van der Waals surface area (Å²) in [5.74, 6) is 0. The van der Waals surface area contributed by atoms with Crippen LogP contribution in [0.15, 0.2) is 18.3 Å². The highest BCUT2D eigenvalue weighted by molar-refractivity contribution is 5.33. The lowest BCUT2D eigenvalue weighted by Gasteiger charge is -2.18. The Morgan fingerprint density at radius 3 is 2.53 bits per heavy atom. The molecule has 1 aromatic rings. The Hall–Kier alpha value is -1.10. The SMILES string of the molecule is CNC1(c2ncccc2C(F)(F)F)CC1. The molecule has 0 atom stereocenters. The normalized spacial score (nSPS) is 18.9. The number of nitrogens with one attached hydrogen (secondary N) is 1. The van der Waals surface area contributed by atoms with Gasteiger partial charge >= 0.3 is 6.18 Å². The monoisotopic (exact) mass is 216 g/mol. The Morgan fingerprint density at radius 2 is 2.07 bits per heavy atom. The average Bonchev–Trinajstić information content (AvgIpc) is 2.97. The third-order valence-electron chi connectivity index (χ3n) is 2.79. The van der Waals surface area contributed by atoms with E-state index in [-0.39, 0.29) is 5.69 Å². The van der Waals surface area contributed by atoms with Crippen molar-refractivity contribution >= 4 is 0 Å². The van der Waals surface area contributed by atoms with Crippen LogP contribution in [0.4, 0.5) is 13.2 Å². The van der Waals surface area contributed by atoms with Crippen LogP contribution in [0.25, 0.3) is 0 Å². The van der Waals surface area contributed by atoms with Gasteiger partial charge in [0.15, 0.2) is 0 Å². The van der Waals surface area contributed by atoms with E-state index in [2.05, 4.69) is 10.3 Å². The zero-order valence-electron chi connectivity index (χ0n) is 8.23. The van der Waals surface area contributed by atoms with Gasteiger partial charge in [0.05, 0.1) is 16.8 Å². The van der Waals surface area contributed by atoms with Crippen molar-refractivity contribution in [2.45, 2.75) is 24.6 Å². The lowest BCUT2D eigenvalue weighted by Crippen LogP contribution is -2.29. The van der Waals surface area contributed by atoms with E-state index in [1.807, 2.05) is 0 Å². The lowest BCUT2D eigenvalue weighted by atomic mass is 10.1. The van der Waals surface area contributed by atoms with Gasteiger partial charge in [0, 0.05) is 6.20 Å². The molecule has 1 aliphatic rings. The number of alkyl halides is 3. The van der Waals surface area contributed by atoms with Crippen LogP contribution in [0.2, 0.25) is 0 Å². The fraction of sp³-hybridized carbons (Fsp3) is 0.500. The number of rotatable bonds is 2. The largest absolute Gasteiger partial charge is 0.418 e. The van der Waals surface area contributed by atoms with Gasteiger partial charge < -0.3 is 5.32 Å². The molecule has 0 unspecified atom stereocenters. The fourth-order valence-electron chi connectivity index (χ4n) is 1.75. The van der Waals surface area contributed by atoms with Crippen molar-refractivity contribution in [1.29, 1.82) is 0 Å². The summed E-state index contributed by atoms with van der Waals surface area (Å²) in [6, 6.07) is 2.40. The third kappa shape index (κ3) is 1.71. The van der Waals surface area contributed by atoms with Gasteiger partial charge in [0.2, 0.25) is 0 Å². The van der Waals surface area contributed by atoms with Crippen LogP contribution in [-0.2, 0) is 11.7 Å². The first-order valence-corrected chi connectivity index (χ1v) is 4.71. The number of hydrogen-bond acceptors (Lipinski definition) is 2. The summed E-state index contributed by atoms with van der Waals surface area (Å²) in [5, 5.41) is 2.92. The van der Waals surface area contributed by atoms with Crippen molar-refractivity contribution in [2.24, 2.45) is 0 Å². The van der Waals surface area contributed by atoms with Gasteiger partial charge in [-0.2, -0.15) is 13.2 Å². The molecule has 0 radical (unpaired) electrons. The van der Waals surface area contributed by atoms with Gasteiger partial charge in [-0.1, -0.05) is 0 Å². The molecule has 1 N–H and O–H groups in total. The van der Waals surface area contributed by atoms with E-state index in [4.69, 9.17) is 0 Å². The Labute approximate surface area is 85.5 Å². The molecular formula is C10H11F3N2. The highest BCUT2D eigenvalue weighted by Crippen LogP contribution is 2.48.